The highest BCUT2D eigenvalue weighted by atomic mass is 16.5. The lowest BCUT2D eigenvalue weighted by molar-refractivity contribution is 0.0522. The Hall–Kier alpha value is -3.09. The van der Waals surface area contributed by atoms with Crippen molar-refractivity contribution in [2.45, 2.75) is 50.8 Å². The minimum absolute atomic E-state index is 0.0195. The van der Waals surface area contributed by atoms with Crippen LogP contribution in [0.2, 0.25) is 0 Å². The zero-order valence-corrected chi connectivity index (χ0v) is 18.4. The Morgan fingerprint density at radius 1 is 1.06 bits per heavy atom. The van der Waals surface area contributed by atoms with Gasteiger partial charge >= 0.3 is 6.03 Å². The number of hydrogen-bond acceptors (Lipinski definition) is 4. The molecular formula is C25H29N5O2. The molecule has 2 aromatic heterocycles. The van der Waals surface area contributed by atoms with E-state index in [9.17, 15) is 4.79 Å². The summed E-state index contributed by atoms with van der Waals surface area (Å²) in [6, 6.07) is 14.7. The topological polar surface area (TPSA) is 72.3 Å². The number of carbonyl (C=O) groups excluding carboxylic acids is 1. The highest BCUT2D eigenvalue weighted by Gasteiger charge is 2.46. The lowest BCUT2D eigenvalue weighted by Gasteiger charge is -2.39. The summed E-state index contributed by atoms with van der Waals surface area (Å²) in [5, 5.41) is 3.16. The van der Waals surface area contributed by atoms with E-state index < -0.39 is 0 Å². The fourth-order valence-electron chi connectivity index (χ4n) is 5.60. The molecule has 166 valence electrons. The van der Waals surface area contributed by atoms with Gasteiger partial charge in [0, 0.05) is 31.4 Å². The minimum atomic E-state index is -0.0195. The number of ether oxygens (including phenoxy) is 1. The third-order valence-corrected chi connectivity index (χ3v) is 7.29. The van der Waals surface area contributed by atoms with Gasteiger partial charge in [0.25, 0.3) is 0 Å². The Balaban J connectivity index is 1.31. The molecule has 2 aliphatic carbocycles. The van der Waals surface area contributed by atoms with Crippen molar-refractivity contribution in [3.05, 3.63) is 54.5 Å². The number of aromatic nitrogens is 3. The molecule has 0 spiro atoms. The number of urea groups is 1. The van der Waals surface area contributed by atoms with Gasteiger partial charge in [-0.1, -0.05) is 18.2 Å². The van der Waals surface area contributed by atoms with Crippen LogP contribution < -0.4 is 10.1 Å². The molecule has 1 N–H and O–H groups in total. The van der Waals surface area contributed by atoms with Crippen LogP contribution in [0.1, 0.15) is 37.5 Å². The van der Waals surface area contributed by atoms with Crippen LogP contribution in [-0.2, 0) is 0 Å². The molecule has 7 heteroatoms. The third-order valence-electron chi connectivity index (χ3n) is 7.29. The van der Waals surface area contributed by atoms with Gasteiger partial charge in [0.1, 0.15) is 11.9 Å². The van der Waals surface area contributed by atoms with E-state index in [0.29, 0.717) is 23.8 Å². The Morgan fingerprint density at radius 3 is 2.62 bits per heavy atom. The minimum Gasteiger partial charge on any atom is -0.472 e. The molecular weight excluding hydrogens is 402 g/mol. The van der Waals surface area contributed by atoms with Crippen LogP contribution in [0, 0.1) is 18.8 Å². The lowest BCUT2D eigenvalue weighted by Crippen LogP contribution is -2.40. The number of para-hydroxylation sites is 2. The summed E-state index contributed by atoms with van der Waals surface area (Å²) in [5.74, 6) is 2.57. The molecule has 1 aromatic carbocycles. The largest absolute Gasteiger partial charge is 0.472 e. The number of fused-ring (bicyclic) bond motifs is 2. The molecule has 32 heavy (non-hydrogen) atoms. The number of carbonyl (C=O) groups is 1. The van der Waals surface area contributed by atoms with Gasteiger partial charge in [-0.05, 0) is 62.6 Å². The molecule has 1 aliphatic heterocycles. The van der Waals surface area contributed by atoms with E-state index in [2.05, 4.69) is 40.0 Å². The zero-order valence-electron chi connectivity index (χ0n) is 18.4. The summed E-state index contributed by atoms with van der Waals surface area (Å²) in [7, 11) is 0. The van der Waals surface area contributed by atoms with E-state index in [-0.39, 0.29) is 18.2 Å². The maximum atomic E-state index is 12.7. The number of likely N-dealkylation sites (tertiary alicyclic amines) is 1. The van der Waals surface area contributed by atoms with Gasteiger partial charge in [-0.2, -0.15) is 0 Å². The number of pyridine rings is 1. The molecule has 3 aliphatic rings. The molecule has 3 fully saturated rings. The van der Waals surface area contributed by atoms with Gasteiger partial charge in [-0.3, -0.25) is 0 Å². The van der Waals surface area contributed by atoms with Crippen molar-refractivity contribution in [3.8, 4) is 5.88 Å². The van der Waals surface area contributed by atoms with Crippen molar-refractivity contribution in [1.82, 2.24) is 24.8 Å². The first kappa shape index (κ1) is 19.6. The Morgan fingerprint density at radius 2 is 1.84 bits per heavy atom. The highest BCUT2D eigenvalue weighted by molar-refractivity contribution is 5.76. The lowest BCUT2D eigenvalue weighted by atomic mass is 9.77. The standard InChI is InChI=1S/C25H29N5O2/c1-16-27-20-6-2-3-7-21(20)30(16)22-12-17-14-29(25(31)28-19-9-10-19)15-18(17)13-23(22)32-24-8-4-5-11-26-24/h2-8,11,17-19,22-23H,9-10,12-15H2,1H3,(H,28,31)/t17-,18+,22-,23-/m0/s1. The number of rotatable bonds is 4. The first-order valence-corrected chi connectivity index (χ1v) is 11.7. The second-order valence-electron chi connectivity index (χ2n) is 9.53. The SMILES string of the molecule is Cc1nc2ccccc2n1[C@H]1C[C@H]2CN(C(=O)NC3CC3)C[C@H]2C[C@@H]1Oc1ccccn1. The average Bonchev–Trinajstić information content (AvgIpc) is 3.41. The fourth-order valence-corrected chi connectivity index (χ4v) is 5.60. The molecule has 1 saturated heterocycles. The summed E-state index contributed by atoms with van der Waals surface area (Å²) in [6.07, 6.45) is 5.85. The van der Waals surface area contributed by atoms with E-state index in [0.717, 1.165) is 55.6 Å². The quantitative estimate of drug-likeness (QED) is 0.679. The summed E-state index contributed by atoms with van der Waals surface area (Å²) >= 11 is 0. The van der Waals surface area contributed by atoms with E-state index in [1.807, 2.05) is 29.2 Å². The smallest absolute Gasteiger partial charge is 0.317 e. The first-order chi connectivity index (χ1) is 15.7. The molecule has 2 amide bonds. The number of nitrogens with zero attached hydrogens (tertiary/aromatic N) is 4. The predicted octanol–water partition coefficient (Wildman–Crippen LogP) is 3.94. The molecule has 2 saturated carbocycles. The summed E-state index contributed by atoms with van der Waals surface area (Å²) < 4.78 is 8.85. The summed E-state index contributed by atoms with van der Waals surface area (Å²) in [6.45, 7) is 3.71. The van der Waals surface area contributed by atoms with E-state index >= 15 is 0 Å². The zero-order chi connectivity index (χ0) is 21.7. The van der Waals surface area contributed by atoms with Crippen LogP contribution in [-0.4, -0.2) is 50.7 Å². The Kier molecular flexibility index (Phi) is 4.77. The van der Waals surface area contributed by atoms with Gasteiger partial charge in [0.05, 0.1) is 17.1 Å². The third kappa shape index (κ3) is 3.59. The first-order valence-electron chi connectivity index (χ1n) is 11.7. The average molecular weight is 432 g/mol. The van der Waals surface area contributed by atoms with Crippen LogP contribution in [0.25, 0.3) is 11.0 Å². The maximum Gasteiger partial charge on any atom is 0.317 e. The number of hydrogen-bond donors (Lipinski definition) is 1. The molecule has 4 atom stereocenters. The monoisotopic (exact) mass is 431 g/mol. The van der Waals surface area contributed by atoms with Gasteiger partial charge in [0.15, 0.2) is 0 Å². The molecule has 0 bridgehead atoms. The van der Waals surface area contributed by atoms with E-state index in [1.54, 1.807) is 6.20 Å². The number of benzene rings is 1. The predicted molar refractivity (Wildman–Crippen MR) is 122 cm³/mol. The Bertz CT molecular complexity index is 1130. The van der Waals surface area contributed by atoms with Crippen LogP contribution in [0.3, 0.4) is 0 Å². The van der Waals surface area contributed by atoms with Crippen molar-refractivity contribution >= 4 is 17.1 Å². The normalized spacial score (nSPS) is 27.3. The molecule has 3 aromatic rings. The van der Waals surface area contributed by atoms with Crippen LogP contribution in [0.15, 0.2) is 48.7 Å². The van der Waals surface area contributed by atoms with Gasteiger partial charge in [0.2, 0.25) is 5.88 Å². The van der Waals surface area contributed by atoms with Gasteiger partial charge in [-0.15, -0.1) is 0 Å². The number of amides is 2. The molecule has 0 unspecified atom stereocenters. The highest BCUT2D eigenvalue weighted by Crippen LogP contribution is 2.44. The summed E-state index contributed by atoms with van der Waals surface area (Å²) in [5.41, 5.74) is 2.16. The van der Waals surface area contributed by atoms with Gasteiger partial charge in [-0.25, -0.2) is 14.8 Å². The summed E-state index contributed by atoms with van der Waals surface area (Å²) in [4.78, 5) is 24.0. The maximum absolute atomic E-state index is 12.7. The number of imidazole rings is 1. The van der Waals surface area contributed by atoms with Crippen LogP contribution >= 0.6 is 0 Å². The van der Waals surface area contributed by atoms with Crippen molar-refractivity contribution in [3.63, 3.8) is 0 Å². The number of aryl methyl sites for hydroxylation is 1. The van der Waals surface area contributed by atoms with Crippen molar-refractivity contribution in [2.75, 3.05) is 13.1 Å². The van der Waals surface area contributed by atoms with Crippen LogP contribution in [0.5, 0.6) is 5.88 Å². The molecule has 6 rings (SSSR count). The molecule has 0 radical (unpaired) electrons. The molecule has 7 nitrogen and oxygen atoms in total. The van der Waals surface area contributed by atoms with Crippen molar-refractivity contribution in [2.24, 2.45) is 11.8 Å². The fraction of sp³-hybridized carbons (Fsp3) is 0.480. The second-order valence-corrected chi connectivity index (χ2v) is 9.53. The van der Waals surface area contributed by atoms with Crippen molar-refractivity contribution < 1.29 is 9.53 Å². The number of nitrogens with one attached hydrogen (secondary N) is 1. The van der Waals surface area contributed by atoms with E-state index in [4.69, 9.17) is 9.72 Å². The van der Waals surface area contributed by atoms with E-state index in [1.165, 1.54) is 0 Å². The Labute approximate surface area is 187 Å². The molecule has 3 heterocycles. The van der Waals surface area contributed by atoms with Crippen LogP contribution in [0.4, 0.5) is 4.79 Å². The second kappa shape index (κ2) is 7.80. The van der Waals surface area contributed by atoms with Gasteiger partial charge < -0.3 is 19.5 Å². The van der Waals surface area contributed by atoms with Crippen molar-refractivity contribution in [1.29, 1.82) is 0 Å².